The molecule has 0 aliphatic heterocycles. The molecule has 0 N–H and O–H groups in total. The predicted molar refractivity (Wildman–Crippen MR) is 98.7 cm³/mol. The van der Waals surface area contributed by atoms with E-state index < -0.39 is 10.1 Å². The van der Waals surface area contributed by atoms with Gasteiger partial charge in [0.25, 0.3) is 10.1 Å². The molecule has 0 atom stereocenters. The van der Waals surface area contributed by atoms with Crippen molar-refractivity contribution < 1.29 is 12.6 Å². The van der Waals surface area contributed by atoms with Crippen LogP contribution < -0.4 is 0 Å². The third-order valence-electron chi connectivity index (χ3n) is 3.91. The number of aryl methyl sites for hydroxylation is 2. The molecule has 7 nitrogen and oxygen atoms in total. The number of nitriles is 1. The van der Waals surface area contributed by atoms with Gasteiger partial charge in [0, 0.05) is 0 Å². The average molecular weight is 382 g/mol. The minimum absolute atomic E-state index is 0.0625. The summed E-state index contributed by atoms with van der Waals surface area (Å²) in [6.45, 7) is 1.95. The molecule has 0 spiro atoms. The fourth-order valence-electron chi connectivity index (χ4n) is 2.45. The van der Waals surface area contributed by atoms with E-state index in [1.807, 2.05) is 13.0 Å². The second kappa shape index (κ2) is 8.12. The van der Waals surface area contributed by atoms with E-state index >= 15 is 0 Å². The van der Waals surface area contributed by atoms with Gasteiger partial charge in [-0.1, -0.05) is 29.0 Å². The highest BCUT2D eigenvalue weighted by atomic mass is 32.2. The maximum Gasteiger partial charge on any atom is 0.296 e. The molecule has 138 valence electrons. The SMILES string of the molecule is Cc1ccc(S(=O)(=O)OCCCc2cn(-c3cccc(C#N)c3)nn2)cc1. The fourth-order valence-corrected chi connectivity index (χ4v) is 3.39. The van der Waals surface area contributed by atoms with Gasteiger partial charge in [0.1, 0.15) is 0 Å². The maximum atomic E-state index is 12.1. The van der Waals surface area contributed by atoms with Gasteiger partial charge >= 0.3 is 0 Å². The summed E-state index contributed by atoms with van der Waals surface area (Å²) in [6, 6.07) is 15.7. The lowest BCUT2D eigenvalue weighted by Gasteiger charge is -2.05. The largest absolute Gasteiger partial charge is 0.296 e. The van der Waals surface area contributed by atoms with E-state index in [9.17, 15) is 8.42 Å². The van der Waals surface area contributed by atoms with Crippen LogP contribution in [0.2, 0.25) is 0 Å². The van der Waals surface area contributed by atoms with Gasteiger partial charge in [0.05, 0.1) is 40.7 Å². The average Bonchev–Trinajstić information content (AvgIpc) is 3.15. The highest BCUT2D eigenvalue weighted by molar-refractivity contribution is 7.86. The quantitative estimate of drug-likeness (QED) is 0.460. The summed E-state index contributed by atoms with van der Waals surface area (Å²) in [4.78, 5) is 0.149. The van der Waals surface area contributed by atoms with E-state index in [2.05, 4.69) is 16.4 Å². The summed E-state index contributed by atoms with van der Waals surface area (Å²) >= 11 is 0. The minimum Gasteiger partial charge on any atom is -0.266 e. The lowest BCUT2D eigenvalue weighted by Crippen LogP contribution is -2.08. The molecule has 3 rings (SSSR count). The van der Waals surface area contributed by atoms with Crippen LogP contribution in [-0.4, -0.2) is 30.0 Å². The van der Waals surface area contributed by atoms with Gasteiger partial charge in [0.2, 0.25) is 0 Å². The number of hydrogen-bond donors (Lipinski definition) is 0. The normalized spacial score (nSPS) is 11.3. The maximum absolute atomic E-state index is 12.1. The minimum atomic E-state index is -3.75. The zero-order valence-electron chi connectivity index (χ0n) is 14.7. The molecule has 2 aromatic carbocycles. The summed E-state index contributed by atoms with van der Waals surface area (Å²) in [5, 5.41) is 17.1. The van der Waals surface area contributed by atoms with Crippen LogP contribution in [0.25, 0.3) is 5.69 Å². The van der Waals surface area contributed by atoms with Gasteiger partial charge in [-0.05, 0) is 50.1 Å². The fraction of sp³-hybridized carbons (Fsp3) is 0.211. The van der Waals surface area contributed by atoms with E-state index in [1.165, 1.54) is 12.1 Å². The van der Waals surface area contributed by atoms with Crippen LogP contribution in [-0.2, 0) is 20.7 Å². The number of aromatic nitrogens is 3. The Balaban J connectivity index is 1.55. The van der Waals surface area contributed by atoms with E-state index in [0.717, 1.165) is 11.3 Å². The van der Waals surface area contributed by atoms with E-state index in [4.69, 9.17) is 9.44 Å². The zero-order chi connectivity index (χ0) is 19.3. The predicted octanol–water partition coefficient (Wildman–Crippen LogP) is 2.79. The third kappa shape index (κ3) is 4.78. The summed E-state index contributed by atoms with van der Waals surface area (Å²) in [5.74, 6) is 0. The van der Waals surface area contributed by atoms with Crippen molar-refractivity contribution in [3.63, 3.8) is 0 Å². The van der Waals surface area contributed by atoms with Crippen LogP contribution in [0, 0.1) is 18.3 Å². The molecule has 3 aromatic rings. The molecule has 0 radical (unpaired) electrons. The van der Waals surface area contributed by atoms with E-state index in [-0.39, 0.29) is 11.5 Å². The summed E-state index contributed by atoms with van der Waals surface area (Å²) in [5.41, 5.74) is 2.98. The molecule has 0 aliphatic carbocycles. The van der Waals surface area contributed by atoms with Crippen molar-refractivity contribution in [3.8, 4) is 11.8 Å². The van der Waals surface area contributed by atoms with Gasteiger partial charge in [0.15, 0.2) is 0 Å². The van der Waals surface area contributed by atoms with Crippen LogP contribution in [0.15, 0.2) is 59.6 Å². The van der Waals surface area contributed by atoms with Crippen LogP contribution >= 0.6 is 0 Å². The molecule has 0 saturated heterocycles. The van der Waals surface area contributed by atoms with Crippen molar-refractivity contribution in [2.24, 2.45) is 0 Å². The third-order valence-corrected chi connectivity index (χ3v) is 5.23. The van der Waals surface area contributed by atoms with Crippen LogP contribution in [0.3, 0.4) is 0 Å². The molecule has 0 amide bonds. The monoisotopic (exact) mass is 382 g/mol. The van der Waals surface area contributed by atoms with Crippen LogP contribution in [0.1, 0.15) is 23.2 Å². The lowest BCUT2D eigenvalue weighted by atomic mass is 10.2. The molecule has 0 fully saturated rings. The Bertz CT molecular complexity index is 1070. The Morgan fingerprint density at radius 1 is 1.19 bits per heavy atom. The first-order valence-electron chi connectivity index (χ1n) is 8.36. The standard InChI is InChI=1S/C19H18N4O3S/c1-15-7-9-19(10-8-15)27(24,25)26-11-3-5-17-14-23(22-21-17)18-6-2-4-16(12-18)13-20/h2,4,6-10,12,14H,3,5,11H2,1H3. The number of hydrogen-bond acceptors (Lipinski definition) is 6. The number of nitrogens with zero attached hydrogens (tertiary/aromatic N) is 4. The van der Waals surface area contributed by atoms with Gasteiger partial charge in [-0.2, -0.15) is 13.7 Å². The van der Waals surface area contributed by atoms with E-state index in [0.29, 0.717) is 24.1 Å². The molecule has 1 aromatic heterocycles. The molecule has 0 bridgehead atoms. The van der Waals surface area contributed by atoms with Gasteiger partial charge in [-0.3, -0.25) is 4.18 Å². The van der Waals surface area contributed by atoms with Crippen LogP contribution in [0.4, 0.5) is 0 Å². The zero-order valence-corrected chi connectivity index (χ0v) is 15.6. The highest BCUT2D eigenvalue weighted by Crippen LogP contribution is 2.14. The van der Waals surface area contributed by atoms with Crippen molar-refractivity contribution in [1.29, 1.82) is 5.26 Å². The molecule has 8 heteroatoms. The van der Waals surface area contributed by atoms with Gasteiger partial charge in [-0.25, -0.2) is 4.68 Å². The molecule has 0 unspecified atom stereocenters. The second-order valence-corrected chi connectivity index (χ2v) is 7.62. The number of benzene rings is 2. The van der Waals surface area contributed by atoms with Crippen molar-refractivity contribution in [3.05, 3.63) is 71.5 Å². The molecule has 0 saturated carbocycles. The van der Waals surface area contributed by atoms with Crippen molar-refractivity contribution in [2.45, 2.75) is 24.7 Å². The van der Waals surface area contributed by atoms with Crippen LogP contribution in [0.5, 0.6) is 0 Å². The lowest BCUT2D eigenvalue weighted by molar-refractivity contribution is 0.312. The Morgan fingerprint density at radius 3 is 2.70 bits per heavy atom. The Hall–Kier alpha value is -3.02. The molecule has 0 aliphatic rings. The van der Waals surface area contributed by atoms with Gasteiger partial charge < -0.3 is 0 Å². The highest BCUT2D eigenvalue weighted by Gasteiger charge is 2.14. The second-order valence-electron chi connectivity index (χ2n) is 6.01. The van der Waals surface area contributed by atoms with Crippen molar-refractivity contribution in [1.82, 2.24) is 15.0 Å². The van der Waals surface area contributed by atoms with Crippen molar-refractivity contribution in [2.75, 3.05) is 6.61 Å². The summed E-state index contributed by atoms with van der Waals surface area (Å²) in [6.07, 6.45) is 2.77. The smallest absolute Gasteiger partial charge is 0.266 e. The Labute approximate surface area is 158 Å². The molecule has 1 heterocycles. The Morgan fingerprint density at radius 2 is 1.96 bits per heavy atom. The molecular weight excluding hydrogens is 364 g/mol. The summed E-state index contributed by atoms with van der Waals surface area (Å²) in [7, 11) is -3.75. The topological polar surface area (TPSA) is 97.9 Å². The number of rotatable bonds is 7. The Kier molecular flexibility index (Phi) is 5.64. The van der Waals surface area contributed by atoms with Gasteiger partial charge in [-0.15, -0.1) is 5.10 Å². The van der Waals surface area contributed by atoms with E-state index in [1.54, 1.807) is 41.2 Å². The first-order chi connectivity index (χ1) is 13.0. The first kappa shape index (κ1) is 18.8. The molecular formula is C19H18N4O3S. The summed E-state index contributed by atoms with van der Waals surface area (Å²) < 4.78 is 30.9. The molecule has 27 heavy (non-hydrogen) atoms. The first-order valence-corrected chi connectivity index (χ1v) is 9.77. The van der Waals surface area contributed by atoms with Crippen molar-refractivity contribution >= 4 is 10.1 Å².